The van der Waals surface area contributed by atoms with Gasteiger partial charge in [-0.2, -0.15) is 0 Å². The number of esters is 3. The summed E-state index contributed by atoms with van der Waals surface area (Å²) in [6, 6.07) is 0. The number of allylic oxidation sites excluding steroid dienone is 1. The molecule has 0 aliphatic heterocycles. The van der Waals surface area contributed by atoms with Crippen molar-refractivity contribution >= 4 is 23.8 Å². The second-order valence-corrected chi connectivity index (χ2v) is 6.28. The van der Waals surface area contributed by atoms with Gasteiger partial charge >= 0.3 is 17.9 Å². The zero-order chi connectivity index (χ0) is 19.5. The van der Waals surface area contributed by atoms with Gasteiger partial charge in [0, 0.05) is 19.3 Å². The Kier molecular flexibility index (Phi) is 5.84. The van der Waals surface area contributed by atoms with Crippen LogP contribution in [-0.2, 0) is 33.4 Å². The lowest BCUT2D eigenvalue weighted by Gasteiger charge is -2.27. The number of rotatable bonds is 5. The van der Waals surface area contributed by atoms with Gasteiger partial charge in [-0.1, -0.05) is 11.6 Å². The van der Waals surface area contributed by atoms with Crippen LogP contribution >= 0.6 is 0 Å². The van der Waals surface area contributed by atoms with E-state index in [1.807, 2.05) is 0 Å². The van der Waals surface area contributed by atoms with E-state index in [0.717, 1.165) is 5.57 Å². The summed E-state index contributed by atoms with van der Waals surface area (Å²) in [7, 11) is 2.46. The maximum Gasteiger partial charge on any atom is 0.334 e. The van der Waals surface area contributed by atoms with E-state index >= 15 is 0 Å². The zero-order valence-electron chi connectivity index (χ0n) is 15.3. The van der Waals surface area contributed by atoms with Crippen LogP contribution in [0, 0.1) is 5.92 Å². The quantitative estimate of drug-likeness (QED) is 0.436. The summed E-state index contributed by atoms with van der Waals surface area (Å²) in [6.45, 7) is 3.15. The number of nitrogens with one attached hydrogen (secondary N) is 1. The third-order valence-electron chi connectivity index (χ3n) is 4.67. The molecular weight excluding hydrogens is 342 g/mol. The van der Waals surface area contributed by atoms with Gasteiger partial charge in [0.15, 0.2) is 0 Å². The summed E-state index contributed by atoms with van der Waals surface area (Å²) in [5.74, 6) is -2.73. The Bertz CT molecular complexity index is 706. The Balaban J connectivity index is 2.49. The van der Waals surface area contributed by atoms with Crippen LogP contribution in [0.2, 0.25) is 0 Å². The molecule has 0 spiro atoms. The van der Waals surface area contributed by atoms with Gasteiger partial charge < -0.3 is 19.5 Å². The minimum Gasteiger partial charge on any atom is -0.466 e. The van der Waals surface area contributed by atoms with Crippen LogP contribution in [0.4, 0.5) is 0 Å². The number of amides is 1. The monoisotopic (exact) mass is 365 g/mol. The normalized spacial score (nSPS) is 24.3. The van der Waals surface area contributed by atoms with E-state index in [9.17, 15) is 19.2 Å². The summed E-state index contributed by atoms with van der Waals surface area (Å²) in [5.41, 5.74) is -0.104. The first-order valence-electron chi connectivity index (χ1n) is 8.34. The third-order valence-corrected chi connectivity index (χ3v) is 4.67. The molecule has 0 aromatic rings. The molecule has 2 aliphatic rings. The van der Waals surface area contributed by atoms with Crippen LogP contribution in [0.5, 0.6) is 0 Å². The van der Waals surface area contributed by atoms with Crippen LogP contribution in [0.15, 0.2) is 22.8 Å². The van der Waals surface area contributed by atoms with Crippen LogP contribution < -0.4 is 5.32 Å². The van der Waals surface area contributed by atoms with Crippen molar-refractivity contribution < 1.29 is 33.4 Å². The van der Waals surface area contributed by atoms with Crippen LogP contribution in [0.25, 0.3) is 0 Å². The van der Waals surface area contributed by atoms with E-state index in [0.29, 0.717) is 0 Å². The molecule has 1 saturated carbocycles. The molecule has 26 heavy (non-hydrogen) atoms. The molecule has 0 bridgehead atoms. The van der Waals surface area contributed by atoms with Gasteiger partial charge in [-0.15, -0.1) is 0 Å². The minimum absolute atomic E-state index is 0.113. The van der Waals surface area contributed by atoms with Gasteiger partial charge in [-0.05, 0) is 19.8 Å². The first kappa shape index (κ1) is 19.7. The van der Waals surface area contributed by atoms with Crippen molar-refractivity contribution in [2.24, 2.45) is 5.92 Å². The topological polar surface area (TPSA) is 108 Å². The van der Waals surface area contributed by atoms with E-state index < -0.39 is 29.4 Å². The third kappa shape index (κ3) is 3.49. The summed E-state index contributed by atoms with van der Waals surface area (Å²) in [5, 5.41) is 2.69. The lowest BCUT2D eigenvalue weighted by atomic mass is 9.83. The summed E-state index contributed by atoms with van der Waals surface area (Å²) in [4.78, 5) is 48.7. The largest absolute Gasteiger partial charge is 0.466 e. The van der Waals surface area contributed by atoms with Gasteiger partial charge in [0.1, 0.15) is 5.54 Å². The average Bonchev–Trinajstić information content (AvgIpc) is 2.98. The highest BCUT2D eigenvalue weighted by Gasteiger charge is 2.53. The second-order valence-electron chi connectivity index (χ2n) is 6.28. The van der Waals surface area contributed by atoms with Crippen LogP contribution in [0.3, 0.4) is 0 Å². The number of methoxy groups -OCH3 is 2. The Morgan fingerprint density at radius 2 is 1.85 bits per heavy atom. The zero-order valence-corrected chi connectivity index (χ0v) is 15.3. The second kappa shape index (κ2) is 7.72. The predicted octanol–water partition coefficient (Wildman–Crippen LogP) is 0.807. The van der Waals surface area contributed by atoms with Crippen LogP contribution in [-0.4, -0.2) is 50.2 Å². The van der Waals surface area contributed by atoms with E-state index in [-0.39, 0.29) is 42.9 Å². The summed E-state index contributed by atoms with van der Waals surface area (Å²) >= 11 is 0. The molecule has 0 aromatic heterocycles. The van der Waals surface area contributed by atoms with E-state index in [1.54, 1.807) is 13.0 Å². The average molecular weight is 365 g/mol. The smallest absolute Gasteiger partial charge is 0.334 e. The van der Waals surface area contributed by atoms with Gasteiger partial charge in [0.05, 0.1) is 32.0 Å². The minimum atomic E-state index is -1.27. The Hall–Kier alpha value is -2.64. The molecule has 142 valence electrons. The fourth-order valence-corrected chi connectivity index (χ4v) is 3.68. The molecule has 1 N–H and O–H groups in total. The highest BCUT2D eigenvalue weighted by molar-refractivity contribution is 6.02. The van der Waals surface area contributed by atoms with Crippen LogP contribution in [0.1, 0.15) is 33.1 Å². The Morgan fingerprint density at radius 3 is 2.38 bits per heavy atom. The molecule has 8 nitrogen and oxygen atoms in total. The van der Waals surface area contributed by atoms with Crippen molar-refractivity contribution in [3.63, 3.8) is 0 Å². The maximum absolute atomic E-state index is 12.6. The maximum atomic E-state index is 12.6. The SMILES string of the molecule is CCOC(=O)C1(NC(C)=O)CC2=CCC(C(=O)OC)=C(C(=O)OC)C2C1. The van der Waals surface area contributed by atoms with Crippen molar-refractivity contribution in [3.8, 4) is 0 Å². The van der Waals surface area contributed by atoms with Crippen molar-refractivity contribution in [2.75, 3.05) is 20.8 Å². The molecule has 2 unspecified atom stereocenters. The highest BCUT2D eigenvalue weighted by atomic mass is 16.5. The molecule has 2 aliphatic carbocycles. The standard InChI is InChI=1S/C18H23NO7/c1-5-26-17(23)18(19-10(2)20)8-11-6-7-12(15(21)24-3)14(13(11)9-18)16(22)25-4/h6,13H,5,7-9H2,1-4H3,(H,19,20). The predicted molar refractivity (Wildman–Crippen MR) is 89.7 cm³/mol. The molecule has 1 amide bonds. The van der Waals surface area contributed by atoms with Crippen molar-refractivity contribution in [1.82, 2.24) is 5.32 Å². The first-order valence-corrected chi connectivity index (χ1v) is 8.34. The number of carbonyl (C=O) groups excluding carboxylic acids is 4. The van der Waals surface area contributed by atoms with E-state index in [1.165, 1.54) is 21.1 Å². The van der Waals surface area contributed by atoms with Gasteiger partial charge in [0.2, 0.25) is 5.91 Å². The van der Waals surface area contributed by atoms with Gasteiger partial charge in [-0.25, -0.2) is 14.4 Å². The fourth-order valence-electron chi connectivity index (χ4n) is 3.68. The first-order chi connectivity index (χ1) is 12.3. The number of hydrogen-bond donors (Lipinski definition) is 1. The van der Waals surface area contributed by atoms with Crippen molar-refractivity contribution in [1.29, 1.82) is 0 Å². The number of carbonyl (C=O) groups is 4. The summed E-state index contributed by atoms with van der Waals surface area (Å²) < 4.78 is 14.8. The highest BCUT2D eigenvalue weighted by Crippen LogP contribution is 2.47. The fraction of sp³-hybridized carbons (Fsp3) is 0.556. The Morgan fingerprint density at radius 1 is 1.19 bits per heavy atom. The lowest BCUT2D eigenvalue weighted by Crippen LogP contribution is -2.53. The molecule has 8 heteroatoms. The molecule has 0 aromatic carbocycles. The Labute approximate surface area is 151 Å². The van der Waals surface area contributed by atoms with E-state index in [4.69, 9.17) is 14.2 Å². The lowest BCUT2D eigenvalue weighted by molar-refractivity contribution is -0.153. The number of fused-ring (bicyclic) bond motifs is 1. The van der Waals surface area contributed by atoms with Gasteiger partial charge in [-0.3, -0.25) is 4.79 Å². The summed E-state index contributed by atoms with van der Waals surface area (Å²) in [6.07, 6.45) is 2.32. The molecule has 2 atom stereocenters. The molecule has 0 saturated heterocycles. The van der Waals surface area contributed by atoms with E-state index in [2.05, 4.69) is 5.32 Å². The van der Waals surface area contributed by atoms with Crippen molar-refractivity contribution in [2.45, 2.75) is 38.6 Å². The molecule has 2 rings (SSSR count). The number of ether oxygens (including phenoxy) is 3. The molecule has 0 heterocycles. The molecular formula is C18H23NO7. The van der Waals surface area contributed by atoms with Crippen molar-refractivity contribution in [3.05, 3.63) is 22.8 Å². The molecule has 0 radical (unpaired) electrons. The van der Waals surface area contributed by atoms with Gasteiger partial charge in [0.25, 0.3) is 0 Å². The number of hydrogen-bond acceptors (Lipinski definition) is 7. The molecule has 1 fully saturated rings.